The Bertz CT molecular complexity index is 289. The largest absolute Gasteiger partial charge is 0.383 e. The van der Waals surface area contributed by atoms with E-state index in [1.54, 1.807) is 7.11 Å². The Morgan fingerprint density at radius 3 is 2.93 bits per heavy atom. The van der Waals surface area contributed by atoms with Crippen molar-refractivity contribution in [3.05, 3.63) is 33.8 Å². The van der Waals surface area contributed by atoms with Gasteiger partial charge in [-0.3, -0.25) is 0 Å². The number of ether oxygens (including phenoxy) is 1. The average Bonchev–Trinajstić information content (AvgIpc) is 2.19. The Balaban J connectivity index is 2.46. The van der Waals surface area contributed by atoms with Crippen molar-refractivity contribution in [2.24, 2.45) is 0 Å². The van der Waals surface area contributed by atoms with Gasteiger partial charge in [-0.25, -0.2) is 0 Å². The molecule has 0 heterocycles. The molecule has 14 heavy (non-hydrogen) atoms. The molecule has 2 nitrogen and oxygen atoms in total. The second kappa shape index (κ2) is 6.17. The number of hydrogen-bond donors (Lipinski definition) is 1. The van der Waals surface area contributed by atoms with Crippen molar-refractivity contribution in [2.45, 2.75) is 13.5 Å². The van der Waals surface area contributed by atoms with Crippen molar-refractivity contribution in [1.29, 1.82) is 0 Å². The zero-order valence-corrected chi connectivity index (χ0v) is 10.2. The fourth-order valence-corrected chi connectivity index (χ4v) is 1.65. The van der Waals surface area contributed by atoms with Crippen molar-refractivity contribution in [3.63, 3.8) is 0 Å². The molecular formula is C11H16BrNO. The normalized spacial score (nSPS) is 10.5. The van der Waals surface area contributed by atoms with Gasteiger partial charge in [-0.05, 0) is 24.1 Å². The summed E-state index contributed by atoms with van der Waals surface area (Å²) in [5.41, 5.74) is 2.63. The summed E-state index contributed by atoms with van der Waals surface area (Å²) < 4.78 is 6.13. The topological polar surface area (TPSA) is 21.3 Å². The van der Waals surface area contributed by atoms with Crippen molar-refractivity contribution in [2.75, 3.05) is 20.3 Å². The number of halogens is 1. The molecular weight excluding hydrogens is 242 g/mol. The third-order valence-corrected chi connectivity index (χ3v) is 3.04. The molecule has 0 aromatic heterocycles. The highest BCUT2D eigenvalue weighted by Gasteiger charge is 2.00. The second-order valence-electron chi connectivity index (χ2n) is 3.19. The molecule has 0 radical (unpaired) electrons. The first-order valence-corrected chi connectivity index (χ1v) is 5.48. The van der Waals surface area contributed by atoms with Crippen LogP contribution in [0.3, 0.4) is 0 Å². The number of benzene rings is 1. The third-order valence-electron chi connectivity index (χ3n) is 2.18. The van der Waals surface area contributed by atoms with Crippen LogP contribution in [0.4, 0.5) is 0 Å². The molecule has 1 aromatic carbocycles. The summed E-state index contributed by atoms with van der Waals surface area (Å²) in [5.74, 6) is 0. The monoisotopic (exact) mass is 257 g/mol. The van der Waals surface area contributed by atoms with E-state index in [0.717, 1.165) is 19.7 Å². The van der Waals surface area contributed by atoms with E-state index < -0.39 is 0 Å². The summed E-state index contributed by atoms with van der Waals surface area (Å²) in [4.78, 5) is 0. The number of nitrogens with one attached hydrogen (secondary N) is 1. The van der Waals surface area contributed by atoms with Crippen molar-refractivity contribution >= 4 is 15.9 Å². The molecule has 1 aromatic rings. The highest BCUT2D eigenvalue weighted by atomic mass is 79.9. The minimum absolute atomic E-state index is 0.757. The molecule has 1 rings (SSSR count). The lowest BCUT2D eigenvalue weighted by Gasteiger charge is -2.08. The Kier molecular flexibility index (Phi) is 5.15. The Hall–Kier alpha value is -0.380. The standard InChI is InChI=1S/C11H16BrNO/c1-9-10(4-3-5-11(9)12)8-13-6-7-14-2/h3-5,13H,6-8H2,1-2H3. The molecule has 0 unspecified atom stereocenters. The van der Waals surface area contributed by atoms with Crippen LogP contribution in [-0.2, 0) is 11.3 Å². The molecule has 0 aliphatic heterocycles. The highest BCUT2D eigenvalue weighted by Crippen LogP contribution is 2.18. The molecule has 1 N–H and O–H groups in total. The number of methoxy groups -OCH3 is 1. The van der Waals surface area contributed by atoms with Gasteiger partial charge in [-0.1, -0.05) is 28.1 Å². The third kappa shape index (κ3) is 3.40. The second-order valence-corrected chi connectivity index (χ2v) is 4.05. The maximum Gasteiger partial charge on any atom is 0.0587 e. The highest BCUT2D eigenvalue weighted by molar-refractivity contribution is 9.10. The van der Waals surface area contributed by atoms with E-state index in [4.69, 9.17) is 4.74 Å². The van der Waals surface area contributed by atoms with Crippen LogP contribution >= 0.6 is 15.9 Å². The molecule has 0 spiro atoms. The van der Waals surface area contributed by atoms with E-state index in [9.17, 15) is 0 Å². The minimum atomic E-state index is 0.757. The Morgan fingerprint density at radius 2 is 2.21 bits per heavy atom. The van der Waals surface area contributed by atoms with Crippen LogP contribution in [0.15, 0.2) is 22.7 Å². The van der Waals surface area contributed by atoms with Crippen LogP contribution in [0.1, 0.15) is 11.1 Å². The Labute approximate surface area is 93.8 Å². The molecule has 0 atom stereocenters. The van der Waals surface area contributed by atoms with Gasteiger partial charge in [0.1, 0.15) is 0 Å². The minimum Gasteiger partial charge on any atom is -0.383 e. The van der Waals surface area contributed by atoms with Crippen LogP contribution < -0.4 is 5.32 Å². The lowest BCUT2D eigenvalue weighted by molar-refractivity contribution is 0.199. The fraction of sp³-hybridized carbons (Fsp3) is 0.455. The smallest absolute Gasteiger partial charge is 0.0587 e. The molecule has 0 fully saturated rings. The zero-order chi connectivity index (χ0) is 10.4. The molecule has 0 aliphatic rings. The summed E-state index contributed by atoms with van der Waals surface area (Å²) in [6.07, 6.45) is 0. The maximum atomic E-state index is 4.96. The lowest BCUT2D eigenvalue weighted by Crippen LogP contribution is -2.19. The van der Waals surface area contributed by atoms with Crippen LogP contribution in [0.2, 0.25) is 0 Å². The lowest BCUT2D eigenvalue weighted by atomic mass is 10.1. The van der Waals surface area contributed by atoms with E-state index in [-0.39, 0.29) is 0 Å². The van der Waals surface area contributed by atoms with Gasteiger partial charge in [-0.2, -0.15) is 0 Å². The summed E-state index contributed by atoms with van der Waals surface area (Å²) in [6, 6.07) is 6.26. The van der Waals surface area contributed by atoms with E-state index in [1.165, 1.54) is 15.6 Å². The van der Waals surface area contributed by atoms with Crippen molar-refractivity contribution in [1.82, 2.24) is 5.32 Å². The zero-order valence-electron chi connectivity index (χ0n) is 8.64. The first kappa shape index (κ1) is 11.7. The van der Waals surface area contributed by atoms with Gasteiger partial charge in [0.15, 0.2) is 0 Å². The van der Waals surface area contributed by atoms with Gasteiger partial charge in [0.25, 0.3) is 0 Å². The summed E-state index contributed by atoms with van der Waals surface area (Å²) >= 11 is 3.52. The molecule has 0 aliphatic carbocycles. The van der Waals surface area contributed by atoms with E-state index in [0.29, 0.717) is 0 Å². The molecule has 0 saturated heterocycles. The van der Waals surface area contributed by atoms with Crippen molar-refractivity contribution < 1.29 is 4.74 Å². The van der Waals surface area contributed by atoms with E-state index in [1.807, 2.05) is 0 Å². The summed E-state index contributed by atoms with van der Waals surface area (Å²) in [7, 11) is 1.71. The first-order valence-electron chi connectivity index (χ1n) is 4.69. The molecule has 78 valence electrons. The predicted molar refractivity (Wildman–Crippen MR) is 62.5 cm³/mol. The predicted octanol–water partition coefficient (Wildman–Crippen LogP) is 2.49. The molecule has 0 saturated carbocycles. The van der Waals surface area contributed by atoms with E-state index >= 15 is 0 Å². The SMILES string of the molecule is COCCNCc1cccc(Br)c1C. The number of rotatable bonds is 5. The van der Waals surface area contributed by atoms with Gasteiger partial charge >= 0.3 is 0 Å². The quantitative estimate of drug-likeness (QED) is 0.819. The van der Waals surface area contributed by atoms with Gasteiger partial charge < -0.3 is 10.1 Å². The van der Waals surface area contributed by atoms with Crippen LogP contribution in [0.25, 0.3) is 0 Å². The van der Waals surface area contributed by atoms with Gasteiger partial charge in [0.05, 0.1) is 6.61 Å². The van der Waals surface area contributed by atoms with Crippen LogP contribution in [0.5, 0.6) is 0 Å². The van der Waals surface area contributed by atoms with Gasteiger partial charge in [0.2, 0.25) is 0 Å². The number of hydrogen-bond acceptors (Lipinski definition) is 2. The van der Waals surface area contributed by atoms with E-state index in [2.05, 4.69) is 46.4 Å². The maximum absolute atomic E-state index is 4.96. The van der Waals surface area contributed by atoms with Gasteiger partial charge in [0, 0.05) is 24.7 Å². The van der Waals surface area contributed by atoms with Gasteiger partial charge in [-0.15, -0.1) is 0 Å². The van der Waals surface area contributed by atoms with Crippen molar-refractivity contribution in [3.8, 4) is 0 Å². The summed E-state index contributed by atoms with van der Waals surface area (Å²) in [5, 5.41) is 3.32. The fourth-order valence-electron chi connectivity index (χ4n) is 1.24. The van der Waals surface area contributed by atoms with Crippen LogP contribution in [-0.4, -0.2) is 20.3 Å². The molecule has 0 bridgehead atoms. The summed E-state index contributed by atoms with van der Waals surface area (Å²) in [6.45, 7) is 4.67. The Morgan fingerprint density at radius 1 is 1.43 bits per heavy atom. The average molecular weight is 258 g/mol. The first-order chi connectivity index (χ1) is 6.75. The molecule has 3 heteroatoms. The van der Waals surface area contributed by atoms with Crippen LogP contribution in [0, 0.1) is 6.92 Å². The molecule has 0 amide bonds.